The summed E-state index contributed by atoms with van der Waals surface area (Å²) in [6.45, 7) is 2.02. The van der Waals surface area contributed by atoms with Crippen molar-refractivity contribution in [2.75, 3.05) is 18.0 Å². The maximum Gasteiger partial charge on any atom is 0.407 e. The molecular formula is C21H23N3O2. The van der Waals surface area contributed by atoms with Crippen molar-refractivity contribution in [2.24, 2.45) is 0 Å². The van der Waals surface area contributed by atoms with Crippen LogP contribution >= 0.6 is 0 Å². The number of rotatable bonds is 4. The van der Waals surface area contributed by atoms with Gasteiger partial charge < -0.3 is 19.9 Å². The number of benzene rings is 2. The number of aromatic nitrogens is 1. The van der Waals surface area contributed by atoms with Gasteiger partial charge in [-0.1, -0.05) is 30.3 Å². The largest absolute Gasteiger partial charge is 0.465 e. The number of anilines is 1. The Morgan fingerprint density at radius 3 is 2.62 bits per heavy atom. The van der Waals surface area contributed by atoms with Gasteiger partial charge in [0, 0.05) is 48.5 Å². The molecule has 0 saturated carbocycles. The van der Waals surface area contributed by atoms with Crippen molar-refractivity contribution in [1.82, 2.24) is 9.88 Å². The summed E-state index contributed by atoms with van der Waals surface area (Å²) in [5.41, 5.74) is 3.59. The average Bonchev–Trinajstić information content (AvgIpc) is 3.15. The normalized spacial score (nSPS) is 15.3. The van der Waals surface area contributed by atoms with Crippen LogP contribution in [-0.4, -0.2) is 40.2 Å². The van der Waals surface area contributed by atoms with Crippen LogP contribution in [0.3, 0.4) is 0 Å². The molecule has 1 saturated heterocycles. The van der Waals surface area contributed by atoms with Crippen LogP contribution in [-0.2, 0) is 6.54 Å². The van der Waals surface area contributed by atoms with E-state index in [0.29, 0.717) is 19.1 Å². The number of carboxylic acid groups (broad SMARTS) is 1. The molecule has 1 amide bonds. The van der Waals surface area contributed by atoms with Gasteiger partial charge in [0.2, 0.25) is 0 Å². The van der Waals surface area contributed by atoms with E-state index in [9.17, 15) is 9.90 Å². The van der Waals surface area contributed by atoms with E-state index in [1.807, 2.05) is 12.3 Å². The van der Waals surface area contributed by atoms with Gasteiger partial charge in [-0.3, -0.25) is 0 Å². The molecule has 2 heterocycles. The van der Waals surface area contributed by atoms with Gasteiger partial charge in [0.25, 0.3) is 0 Å². The van der Waals surface area contributed by atoms with E-state index in [4.69, 9.17) is 0 Å². The predicted octanol–water partition coefficient (Wildman–Crippen LogP) is 4.32. The molecule has 0 atom stereocenters. The van der Waals surface area contributed by atoms with Crippen LogP contribution in [0, 0.1) is 0 Å². The van der Waals surface area contributed by atoms with Gasteiger partial charge in [0.05, 0.1) is 0 Å². The number of carbonyl (C=O) groups is 1. The van der Waals surface area contributed by atoms with Crippen LogP contribution in [0.15, 0.2) is 60.8 Å². The Morgan fingerprint density at radius 1 is 1.12 bits per heavy atom. The fourth-order valence-electron chi connectivity index (χ4n) is 3.80. The van der Waals surface area contributed by atoms with E-state index in [2.05, 4.69) is 58.4 Å². The van der Waals surface area contributed by atoms with E-state index in [1.165, 1.54) is 21.5 Å². The highest BCUT2D eigenvalue weighted by Crippen LogP contribution is 2.28. The number of piperidine rings is 1. The van der Waals surface area contributed by atoms with Gasteiger partial charge in [0.1, 0.15) is 0 Å². The Morgan fingerprint density at radius 2 is 1.88 bits per heavy atom. The Balaban J connectivity index is 1.62. The zero-order valence-corrected chi connectivity index (χ0v) is 14.6. The first-order chi connectivity index (χ1) is 12.7. The molecule has 0 unspecified atom stereocenters. The number of likely N-dealkylation sites (tertiary alicyclic amines) is 1. The lowest BCUT2D eigenvalue weighted by Gasteiger charge is -2.39. The lowest BCUT2D eigenvalue weighted by Crippen LogP contribution is -2.46. The smallest absolute Gasteiger partial charge is 0.407 e. The van der Waals surface area contributed by atoms with Gasteiger partial charge in [-0.2, -0.15) is 0 Å². The molecule has 2 aromatic carbocycles. The predicted molar refractivity (Wildman–Crippen MR) is 104 cm³/mol. The fourth-order valence-corrected chi connectivity index (χ4v) is 3.80. The topological polar surface area (TPSA) is 59.6 Å². The Kier molecular flexibility index (Phi) is 4.52. The number of H-pyrrole nitrogens is 1. The number of nitrogens with one attached hydrogen (secondary N) is 1. The second kappa shape index (κ2) is 7.12. The van der Waals surface area contributed by atoms with E-state index in [-0.39, 0.29) is 0 Å². The van der Waals surface area contributed by atoms with Crippen LogP contribution in [0.5, 0.6) is 0 Å². The first kappa shape index (κ1) is 16.5. The fraction of sp³-hybridized carbons (Fsp3) is 0.286. The Bertz CT molecular complexity index is 882. The third-order valence-electron chi connectivity index (χ3n) is 5.24. The van der Waals surface area contributed by atoms with Crippen molar-refractivity contribution in [3.8, 4) is 0 Å². The SMILES string of the molecule is O=C(O)N1CCC(N(Cc2ccccc2)c2ccc3[nH]ccc3c2)CC1. The molecule has 134 valence electrons. The third-order valence-corrected chi connectivity index (χ3v) is 5.24. The molecule has 1 fully saturated rings. The maximum atomic E-state index is 11.2. The zero-order valence-electron chi connectivity index (χ0n) is 14.6. The molecule has 0 radical (unpaired) electrons. The van der Waals surface area contributed by atoms with E-state index < -0.39 is 6.09 Å². The van der Waals surface area contributed by atoms with Crippen LogP contribution < -0.4 is 4.90 Å². The highest BCUT2D eigenvalue weighted by molar-refractivity contribution is 5.83. The summed E-state index contributed by atoms with van der Waals surface area (Å²) in [6, 6.07) is 19.4. The van der Waals surface area contributed by atoms with Gasteiger partial charge in [0.15, 0.2) is 0 Å². The first-order valence-corrected chi connectivity index (χ1v) is 9.06. The summed E-state index contributed by atoms with van der Waals surface area (Å²) in [6.07, 6.45) is 2.85. The molecular weight excluding hydrogens is 326 g/mol. The van der Waals surface area contributed by atoms with Crippen molar-refractivity contribution in [1.29, 1.82) is 0 Å². The molecule has 5 nitrogen and oxygen atoms in total. The quantitative estimate of drug-likeness (QED) is 0.737. The van der Waals surface area contributed by atoms with Gasteiger partial charge >= 0.3 is 6.09 Å². The van der Waals surface area contributed by atoms with Gasteiger partial charge in [-0.25, -0.2) is 4.79 Å². The van der Waals surface area contributed by atoms with E-state index >= 15 is 0 Å². The monoisotopic (exact) mass is 349 g/mol. The highest BCUT2D eigenvalue weighted by atomic mass is 16.4. The average molecular weight is 349 g/mol. The number of aromatic amines is 1. The maximum absolute atomic E-state index is 11.2. The van der Waals surface area contributed by atoms with Crippen LogP contribution in [0.1, 0.15) is 18.4 Å². The summed E-state index contributed by atoms with van der Waals surface area (Å²) < 4.78 is 0. The van der Waals surface area contributed by atoms with Crippen LogP contribution in [0.25, 0.3) is 10.9 Å². The molecule has 1 aliphatic heterocycles. The highest BCUT2D eigenvalue weighted by Gasteiger charge is 2.27. The summed E-state index contributed by atoms with van der Waals surface area (Å²) in [7, 11) is 0. The minimum Gasteiger partial charge on any atom is -0.465 e. The third kappa shape index (κ3) is 3.38. The summed E-state index contributed by atoms with van der Waals surface area (Å²) in [5.74, 6) is 0. The second-order valence-electron chi connectivity index (χ2n) is 6.86. The minimum atomic E-state index is -0.813. The molecule has 1 aliphatic rings. The van der Waals surface area contributed by atoms with Crippen molar-refractivity contribution < 1.29 is 9.90 Å². The summed E-state index contributed by atoms with van der Waals surface area (Å²) >= 11 is 0. The number of fused-ring (bicyclic) bond motifs is 1. The van der Waals surface area contributed by atoms with Crippen molar-refractivity contribution >= 4 is 22.7 Å². The molecule has 3 aromatic rings. The lowest BCUT2D eigenvalue weighted by molar-refractivity contribution is 0.131. The zero-order chi connectivity index (χ0) is 17.9. The molecule has 0 bridgehead atoms. The Labute approximate surface area is 152 Å². The van der Waals surface area contributed by atoms with Gasteiger partial charge in [-0.15, -0.1) is 0 Å². The number of hydrogen-bond donors (Lipinski definition) is 2. The Hall–Kier alpha value is -2.95. The van der Waals surface area contributed by atoms with Crippen molar-refractivity contribution in [3.05, 3.63) is 66.4 Å². The molecule has 4 rings (SSSR count). The van der Waals surface area contributed by atoms with E-state index in [0.717, 1.165) is 24.9 Å². The summed E-state index contributed by atoms with van der Waals surface area (Å²) in [5, 5.41) is 10.4. The van der Waals surface area contributed by atoms with Crippen molar-refractivity contribution in [3.63, 3.8) is 0 Å². The first-order valence-electron chi connectivity index (χ1n) is 9.06. The van der Waals surface area contributed by atoms with E-state index in [1.54, 1.807) is 0 Å². The molecule has 1 aromatic heterocycles. The second-order valence-corrected chi connectivity index (χ2v) is 6.86. The molecule has 5 heteroatoms. The van der Waals surface area contributed by atoms with Crippen LogP contribution in [0.2, 0.25) is 0 Å². The lowest BCUT2D eigenvalue weighted by atomic mass is 10.0. The van der Waals surface area contributed by atoms with Crippen LogP contribution in [0.4, 0.5) is 10.5 Å². The molecule has 0 aliphatic carbocycles. The number of hydrogen-bond acceptors (Lipinski definition) is 2. The number of amides is 1. The summed E-state index contributed by atoms with van der Waals surface area (Å²) in [4.78, 5) is 18.4. The van der Waals surface area contributed by atoms with Crippen molar-refractivity contribution in [2.45, 2.75) is 25.4 Å². The standard InChI is InChI=1S/C21H23N3O2/c25-21(26)23-12-9-18(10-13-23)24(15-16-4-2-1-3-5-16)19-6-7-20-17(14-19)8-11-22-20/h1-8,11,14,18,22H,9-10,12-13,15H2,(H,25,26). The minimum absolute atomic E-state index is 0.335. The number of nitrogens with zero attached hydrogens (tertiary/aromatic N) is 2. The molecule has 26 heavy (non-hydrogen) atoms. The molecule has 2 N–H and O–H groups in total. The molecule has 0 spiro atoms. The van der Waals surface area contributed by atoms with Gasteiger partial charge in [-0.05, 0) is 42.7 Å².